The minimum atomic E-state index is -0.773. The summed E-state index contributed by atoms with van der Waals surface area (Å²) in [6.07, 6.45) is 3.89. The van der Waals surface area contributed by atoms with Crippen molar-refractivity contribution in [3.8, 4) is 5.69 Å². The van der Waals surface area contributed by atoms with Crippen molar-refractivity contribution in [2.24, 2.45) is 0 Å². The largest absolute Gasteiger partial charge is 0.461 e. The predicted octanol–water partition coefficient (Wildman–Crippen LogP) is 6.08. The van der Waals surface area contributed by atoms with E-state index in [0.717, 1.165) is 48.9 Å². The maximum atomic E-state index is 14.4. The Bertz CT molecular complexity index is 1610. The van der Waals surface area contributed by atoms with Gasteiger partial charge in [-0.3, -0.25) is 14.7 Å². The molecule has 1 aromatic heterocycles. The number of esters is 1. The number of nitrogens with two attached hydrogens (primary N) is 1. The van der Waals surface area contributed by atoms with Gasteiger partial charge in [-0.15, -0.1) is 0 Å². The van der Waals surface area contributed by atoms with Gasteiger partial charge in [0.1, 0.15) is 29.6 Å². The van der Waals surface area contributed by atoms with Crippen LogP contribution < -0.4 is 16.6 Å². The number of pyridine rings is 1. The van der Waals surface area contributed by atoms with E-state index in [0.29, 0.717) is 17.8 Å². The predicted molar refractivity (Wildman–Crippen MR) is 155 cm³/mol. The summed E-state index contributed by atoms with van der Waals surface area (Å²) < 4.78 is 34.9. The lowest BCUT2D eigenvalue weighted by Gasteiger charge is -2.21. The molecule has 41 heavy (non-hydrogen) atoms. The fraction of sp³-hybridized carbons (Fsp3) is 0.212. The molecular formula is C33H31F2N3O3. The minimum Gasteiger partial charge on any atom is -0.461 e. The molecule has 4 aromatic rings. The quantitative estimate of drug-likeness (QED) is 0.245. The molecule has 0 saturated heterocycles. The van der Waals surface area contributed by atoms with Crippen LogP contribution in [0.4, 0.5) is 14.6 Å². The summed E-state index contributed by atoms with van der Waals surface area (Å²) in [5.41, 5.74) is 8.88. The average Bonchev–Trinajstić information content (AvgIpc) is 3.47. The van der Waals surface area contributed by atoms with Crippen LogP contribution in [-0.2, 0) is 16.1 Å². The van der Waals surface area contributed by atoms with Crippen molar-refractivity contribution in [1.82, 2.24) is 9.88 Å². The van der Waals surface area contributed by atoms with Crippen molar-refractivity contribution in [2.75, 3.05) is 5.73 Å². The second-order valence-electron chi connectivity index (χ2n) is 10.1. The number of carbonyl (C=O) groups is 1. The Balaban J connectivity index is 1.35. The highest BCUT2D eigenvalue weighted by Crippen LogP contribution is 2.29. The molecule has 210 valence electrons. The Kier molecular flexibility index (Phi) is 8.40. The molecule has 1 atom stereocenters. The Morgan fingerprint density at radius 2 is 1.66 bits per heavy atom. The topological polar surface area (TPSA) is 86.3 Å². The molecule has 1 aliphatic carbocycles. The molecule has 1 fully saturated rings. The number of hydrogen-bond donors (Lipinski definition) is 2. The zero-order valence-corrected chi connectivity index (χ0v) is 22.5. The van der Waals surface area contributed by atoms with E-state index in [9.17, 15) is 18.4 Å². The summed E-state index contributed by atoms with van der Waals surface area (Å²) in [6.45, 7) is 4.31. The normalized spacial score (nSPS) is 14.1. The summed E-state index contributed by atoms with van der Waals surface area (Å²) in [5.74, 6) is -1.69. The molecule has 1 saturated carbocycles. The van der Waals surface area contributed by atoms with Gasteiger partial charge in [0, 0.05) is 29.8 Å². The van der Waals surface area contributed by atoms with Gasteiger partial charge in [0.05, 0.1) is 5.69 Å². The first-order chi connectivity index (χ1) is 19.8. The molecule has 0 bridgehead atoms. The Morgan fingerprint density at radius 1 is 0.976 bits per heavy atom. The van der Waals surface area contributed by atoms with Gasteiger partial charge in [-0.1, -0.05) is 49.0 Å². The maximum Gasteiger partial charge on any atom is 0.328 e. The fourth-order valence-corrected chi connectivity index (χ4v) is 5.16. The van der Waals surface area contributed by atoms with Crippen LogP contribution >= 0.6 is 0 Å². The van der Waals surface area contributed by atoms with Crippen LogP contribution in [-0.4, -0.2) is 16.6 Å². The molecule has 3 aromatic carbocycles. The first-order valence-electron chi connectivity index (χ1n) is 13.6. The highest BCUT2D eigenvalue weighted by molar-refractivity contribution is 5.83. The number of hydrogen-bond acceptors (Lipinski definition) is 5. The first kappa shape index (κ1) is 28.0. The van der Waals surface area contributed by atoms with Crippen molar-refractivity contribution in [1.29, 1.82) is 0 Å². The van der Waals surface area contributed by atoms with Gasteiger partial charge in [0.15, 0.2) is 0 Å². The number of aromatic nitrogens is 1. The van der Waals surface area contributed by atoms with E-state index >= 15 is 0 Å². The number of halogens is 2. The van der Waals surface area contributed by atoms with Gasteiger partial charge in [-0.05, 0) is 72.7 Å². The third-order valence-electron chi connectivity index (χ3n) is 7.37. The number of anilines is 1. The van der Waals surface area contributed by atoms with Gasteiger partial charge in [0.2, 0.25) is 0 Å². The number of rotatable bonds is 9. The fourth-order valence-electron chi connectivity index (χ4n) is 5.16. The van der Waals surface area contributed by atoms with Gasteiger partial charge >= 0.3 is 5.97 Å². The number of ether oxygens (including phenoxy) is 1. The number of carbonyl (C=O) groups excluding carboxylic acids is 1. The standard InChI is InChI=1S/C33H31F2N3O3/c1-21(27-16-13-24(34)19-29(27)35)28-17-18-30(39)38(32(28)36)25-14-11-22(12-15-25)20-37-31(23-7-3-2-4-8-23)33(40)41-26-9-5-6-10-26/h2-4,7-8,11-19,26,31,37H,1,5-6,9-10,20,36H2/t31-/m0/s1. The van der Waals surface area contributed by atoms with Crippen molar-refractivity contribution in [3.05, 3.63) is 136 Å². The van der Waals surface area contributed by atoms with E-state index < -0.39 is 17.7 Å². The summed E-state index contributed by atoms with van der Waals surface area (Å²) in [6, 6.07) is 22.0. The van der Waals surface area contributed by atoms with E-state index in [1.807, 2.05) is 42.5 Å². The Morgan fingerprint density at radius 3 is 2.34 bits per heavy atom. The van der Waals surface area contributed by atoms with E-state index in [4.69, 9.17) is 10.5 Å². The molecule has 6 nitrogen and oxygen atoms in total. The molecule has 8 heteroatoms. The third-order valence-corrected chi connectivity index (χ3v) is 7.37. The molecular weight excluding hydrogens is 524 g/mol. The van der Waals surface area contributed by atoms with Crippen molar-refractivity contribution in [2.45, 2.75) is 44.4 Å². The Labute approximate surface area is 237 Å². The lowest BCUT2D eigenvalue weighted by molar-refractivity contribution is -0.151. The lowest BCUT2D eigenvalue weighted by atomic mass is 9.99. The van der Waals surface area contributed by atoms with Gasteiger partial charge in [0.25, 0.3) is 5.56 Å². The van der Waals surface area contributed by atoms with E-state index in [2.05, 4.69) is 11.9 Å². The maximum absolute atomic E-state index is 14.4. The van der Waals surface area contributed by atoms with Crippen LogP contribution in [0.15, 0.2) is 96.3 Å². The SMILES string of the molecule is C=C(c1ccc(F)cc1F)c1ccc(=O)n(-c2ccc(CN[C@H](C(=O)OC3CCCC3)c3ccccc3)cc2)c1N. The van der Waals surface area contributed by atoms with Crippen molar-refractivity contribution >= 4 is 17.4 Å². The van der Waals surface area contributed by atoms with Gasteiger partial charge < -0.3 is 10.5 Å². The van der Waals surface area contributed by atoms with E-state index in [-0.39, 0.29) is 34.6 Å². The van der Waals surface area contributed by atoms with Crippen LogP contribution in [0.25, 0.3) is 11.3 Å². The molecule has 0 spiro atoms. The summed E-state index contributed by atoms with van der Waals surface area (Å²) in [7, 11) is 0. The zero-order chi connectivity index (χ0) is 28.9. The minimum absolute atomic E-state index is 0.0371. The van der Waals surface area contributed by atoms with E-state index in [1.54, 1.807) is 12.1 Å². The van der Waals surface area contributed by atoms with Crippen LogP contribution in [0.3, 0.4) is 0 Å². The molecule has 5 rings (SSSR count). The molecule has 0 radical (unpaired) electrons. The van der Waals surface area contributed by atoms with Gasteiger partial charge in [-0.2, -0.15) is 0 Å². The summed E-state index contributed by atoms with van der Waals surface area (Å²) in [4.78, 5) is 25.9. The van der Waals surface area contributed by atoms with Crippen LogP contribution in [0.2, 0.25) is 0 Å². The third kappa shape index (κ3) is 6.28. The van der Waals surface area contributed by atoms with Crippen molar-refractivity contribution < 1.29 is 18.3 Å². The van der Waals surface area contributed by atoms with Crippen LogP contribution in [0.5, 0.6) is 0 Å². The number of benzene rings is 3. The molecule has 0 unspecified atom stereocenters. The molecule has 3 N–H and O–H groups in total. The number of nitrogen functional groups attached to an aromatic ring is 1. The summed E-state index contributed by atoms with van der Waals surface area (Å²) in [5, 5.41) is 3.32. The Hall–Kier alpha value is -4.56. The number of nitrogens with one attached hydrogen (secondary N) is 1. The second-order valence-corrected chi connectivity index (χ2v) is 10.1. The highest BCUT2D eigenvalue weighted by atomic mass is 19.1. The molecule has 1 heterocycles. The highest BCUT2D eigenvalue weighted by Gasteiger charge is 2.26. The zero-order valence-electron chi connectivity index (χ0n) is 22.5. The van der Waals surface area contributed by atoms with E-state index in [1.165, 1.54) is 22.8 Å². The molecule has 0 aliphatic heterocycles. The second kappa shape index (κ2) is 12.3. The lowest BCUT2D eigenvalue weighted by Crippen LogP contribution is -2.32. The smallest absolute Gasteiger partial charge is 0.328 e. The monoisotopic (exact) mass is 555 g/mol. The number of nitrogens with zero attached hydrogens (tertiary/aromatic N) is 1. The molecule has 0 amide bonds. The van der Waals surface area contributed by atoms with Crippen molar-refractivity contribution in [3.63, 3.8) is 0 Å². The average molecular weight is 556 g/mol. The van der Waals surface area contributed by atoms with Gasteiger partial charge in [-0.25, -0.2) is 13.6 Å². The van der Waals surface area contributed by atoms with Crippen LogP contribution in [0, 0.1) is 11.6 Å². The van der Waals surface area contributed by atoms with Crippen LogP contribution in [0.1, 0.15) is 54.0 Å². The summed E-state index contributed by atoms with van der Waals surface area (Å²) >= 11 is 0. The first-order valence-corrected chi connectivity index (χ1v) is 13.6. The molecule has 1 aliphatic rings.